The summed E-state index contributed by atoms with van der Waals surface area (Å²) in [6, 6.07) is 22.6. The third-order valence-corrected chi connectivity index (χ3v) is 4.80. The van der Waals surface area contributed by atoms with Crippen molar-refractivity contribution in [2.45, 2.75) is 0 Å². The van der Waals surface area contributed by atoms with Crippen LogP contribution in [0.25, 0.3) is 0 Å². The number of rotatable bonds is 7. The number of urea groups is 1. The van der Waals surface area contributed by atoms with E-state index in [-0.39, 0.29) is 24.5 Å². The number of ether oxygens (including phenoxy) is 1. The summed E-state index contributed by atoms with van der Waals surface area (Å²) in [6.45, 7) is 0.971. The average Bonchev–Trinajstić information content (AvgIpc) is 3.24. The molecule has 0 saturated carbocycles. The quantitative estimate of drug-likeness (QED) is 0.534. The van der Waals surface area contributed by atoms with Crippen molar-refractivity contribution in [3.63, 3.8) is 0 Å². The summed E-state index contributed by atoms with van der Waals surface area (Å²) in [5.74, 6) is -0.146. The number of anilines is 3. The number of carbonyl (C=O) groups is 3. The lowest BCUT2D eigenvalue weighted by molar-refractivity contribution is -0.118. The molecule has 8 heteroatoms. The maximum atomic E-state index is 12.7. The van der Waals surface area contributed by atoms with Crippen LogP contribution in [0.15, 0.2) is 78.9 Å². The smallest absolute Gasteiger partial charge is 0.321 e. The minimum Gasteiger partial charge on any atom is -0.484 e. The van der Waals surface area contributed by atoms with Crippen LogP contribution in [-0.2, 0) is 4.79 Å². The van der Waals surface area contributed by atoms with E-state index in [1.54, 1.807) is 65.6 Å². The second kappa shape index (κ2) is 9.65. The second-order valence-electron chi connectivity index (χ2n) is 7.12. The molecule has 4 amide bonds. The van der Waals surface area contributed by atoms with Crippen LogP contribution < -0.4 is 25.6 Å². The lowest BCUT2D eigenvalue weighted by Crippen LogP contribution is -2.27. The standard InChI is InChI=1S/C24H22N4O4/c29-22(26-18-7-2-1-3-8-18)16-32-21-11-5-9-19(15-21)27-23(30)17-6-4-10-20(14-17)28-13-12-25-24(28)31/h1-11,14-15H,12-13,16H2,(H,25,31)(H,26,29)(H,27,30). The number of hydrogen-bond donors (Lipinski definition) is 3. The van der Waals surface area contributed by atoms with E-state index >= 15 is 0 Å². The minimum atomic E-state index is -0.314. The SMILES string of the molecule is O=C(COc1cccc(NC(=O)c2cccc(N3CCNC3=O)c2)c1)Nc1ccccc1. The number of nitrogens with zero attached hydrogens (tertiary/aromatic N) is 1. The van der Waals surface area contributed by atoms with Gasteiger partial charge in [-0.05, 0) is 42.5 Å². The van der Waals surface area contributed by atoms with Crippen LogP contribution in [0.3, 0.4) is 0 Å². The number of carbonyl (C=O) groups excluding carboxylic acids is 3. The fourth-order valence-electron chi connectivity index (χ4n) is 3.27. The van der Waals surface area contributed by atoms with Gasteiger partial charge in [-0.2, -0.15) is 0 Å². The highest BCUT2D eigenvalue weighted by atomic mass is 16.5. The molecule has 3 N–H and O–H groups in total. The Labute approximate surface area is 185 Å². The summed E-state index contributed by atoms with van der Waals surface area (Å²) >= 11 is 0. The van der Waals surface area contributed by atoms with Gasteiger partial charge in [-0.25, -0.2) is 4.79 Å². The molecule has 1 heterocycles. The van der Waals surface area contributed by atoms with Crippen molar-refractivity contribution in [3.05, 3.63) is 84.4 Å². The zero-order valence-corrected chi connectivity index (χ0v) is 17.2. The Morgan fingerprint density at radius 2 is 1.69 bits per heavy atom. The van der Waals surface area contributed by atoms with Crippen molar-refractivity contribution in [2.75, 3.05) is 35.2 Å². The predicted molar refractivity (Wildman–Crippen MR) is 122 cm³/mol. The molecule has 0 bridgehead atoms. The molecule has 162 valence electrons. The number of para-hydroxylation sites is 1. The molecular weight excluding hydrogens is 408 g/mol. The van der Waals surface area contributed by atoms with Crippen molar-refractivity contribution in [1.29, 1.82) is 0 Å². The summed E-state index contributed by atoms with van der Waals surface area (Å²) in [7, 11) is 0. The summed E-state index contributed by atoms with van der Waals surface area (Å²) in [6.07, 6.45) is 0. The second-order valence-corrected chi connectivity index (χ2v) is 7.12. The van der Waals surface area contributed by atoms with Gasteiger partial charge in [0.05, 0.1) is 0 Å². The highest BCUT2D eigenvalue weighted by Crippen LogP contribution is 2.21. The number of hydrogen-bond acceptors (Lipinski definition) is 4. The van der Waals surface area contributed by atoms with E-state index in [0.29, 0.717) is 41.5 Å². The van der Waals surface area contributed by atoms with Gasteiger partial charge in [-0.3, -0.25) is 14.5 Å². The van der Waals surface area contributed by atoms with Crippen molar-refractivity contribution in [1.82, 2.24) is 5.32 Å². The van der Waals surface area contributed by atoms with E-state index < -0.39 is 0 Å². The lowest BCUT2D eigenvalue weighted by atomic mass is 10.1. The number of nitrogens with one attached hydrogen (secondary N) is 3. The monoisotopic (exact) mass is 430 g/mol. The average molecular weight is 430 g/mol. The third-order valence-electron chi connectivity index (χ3n) is 4.80. The first kappa shape index (κ1) is 20.9. The first-order valence-electron chi connectivity index (χ1n) is 10.1. The molecular formula is C24H22N4O4. The van der Waals surface area contributed by atoms with Crippen LogP contribution in [-0.4, -0.2) is 37.5 Å². The molecule has 1 saturated heterocycles. The Bertz CT molecular complexity index is 1130. The van der Waals surface area contributed by atoms with E-state index in [0.717, 1.165) is 0 Å². The largest absolute Gasteiger partial charge is 0.484 e. The topological polar surface area (TPSA) is 99.8 Å². The van der Waals surface area contributed by atoms with E-state index in [4.69, 9.17) is 4.74 Å². The third kappa shape index (κ3) is 5.23. The van der Waals surface area contributed by atoms with Crippen molar-refractivity contribution in [2.24, 2.45) is 0 Å². The molecule has 4 rings (SSSR count). The molecule has 0 unspecified atom stereocenters. The molecule has 0 spiro atoms. The summed E-state index contributed by atoms with van der Waals surface area (Å²) in [4.78, 5) is 38.2. The van der Waals surface area contributed by atoms with Crippen LogP contribution in [0.5, 0.6) is 5.75 Å². The Morgan fingerprint density at radius 1 is 0.906 bits per heavy atom. The van der Waals surface area contributed by atoms with Gasteiger partial charge in [-0.1, -0.05) is 30.3 Å². The summed E-state index contributed by atoms with van der Waals surface area (Å²) in [5, 5.41) is 8.30. The van der Waals surface area contributed by atoms with Crippen LogP contribution in [0.1, 0.15) is 10.4 Å². The molecule has 0 aliphatic carbocycles. The van der Waals surface area contributed by atoms with Gasteiger partial charge in [0.2, 0.25) is 0 Å². The van der Waals surface area contributed by atoms with Crippen LogP contribution in [0.2, 0.25) is 0 Å². The molecule has 0 aromatic heterocycles. The zero-order chi connectivity index (χ0) is 22.3. The maximum Gasteiger partial charge on any atom is 0.321 e. The van der Waals surface area contributed by atoms with Crippen molar-refractivity contribution >= 4 is 34.9 Å². The van der Waals surface area contributed by atoms with Crippen LogP contribution in [0, 0.1) is 0 Å². The van der Waals surface area contributed by atoms with Gasteiger partial charge < -0.3 is 20.7 Å². The summed E-state index contributed by atoms with van der Waals surface area (Å²) in [5.41, 5.74) is 2.31. The van der Waals surface area contributed by atoms with Gasteiger partial charge in [0.1, 0.15) is 5.75 Å². The van der Waals surface area contributed by atoms with Gasteiger partial charge in [0.15, 0.2) is 6.61 Å². The Balaban J connectivity index is 1.36. The predicted octanol–water partition coefficient (Wildman–Crippen LogP) is 3.49. The van der Waals surface area contributed by atoms with Gasteiger partial charge in [-0.15, -0.1) is 0 Å². The van der Waals surface area contributed by atoms with Gasteiger partial charge in [0.25, 0.3) is 11.8 Å². The highest BCUT2D eigenvalue weighted by Gasteiger charge is 2.21. The van der Waals surface area contributed by atoms with Crippen molar-refractivity contribution in [3.8, 4) is 5.75 Å². The fourth-order valence-corrected chi connectivity index (χ4v) is 3.27. The normalized spacial score (nSPS) is 12.8. The van der Waals surface area contributed by atoms with Gasteiger partial charge >= 0.3 is 6.03 Å². The van der Waals surface area contributed by atoms with Crippen LogP contribution >= 0.6 is 0 Å². The highest BCUT2D eigenvalue weighted by molar-refractivity contribution is 6.05. The zero-order valence-electron chi connectivity index (χ0n) is 17.2. The van der Waals surface area contributed by atoms with Gasteiger partial charge in [0, 0.05) is 41.8 Å². The Kier molecular flexibility index (Phi) is 6.31. The molecule has 3 aromatic carbocycles. The molecule has 0 atom stereocenters. The molecule has 0 radical (unpaired) electrons. The molecule has 3 aromatic rings. The molecule has 1 fully saturated rings. The van der Waals surface area contributed by atoms with E-state index in [1.807, 2.05) is 18.2 Å². The number of benzene rings is 3. The molecule has 1 aliphatic rings. The van der Waals surface area contributed by atoms with E-state index in [1.165, 1.54) is 0 Å². The summed E-state index contributed by atoms with van der Waals surface area (Å²) < 4.78 is 5.55. The van der Waals surface area contributed by atoms with E-state index in [9.17, 15) is 14.4 Å². The van der Waals surface area contributed by atoms with Crippen molar-refractivity contribution < 1.29 is 19.1 Å². The fraction of sp³-hybridized carbons (Fsp3) is 0.125. The number of amides is 4. The maximum absolute atomic E-state index is 12.7. The first-order valence-corrected chi connectivity index (χ1v) is 10.1. The molecule has 32 heavy (non-hydrogen) atoms. The first-order chi connectivity index (χ1) is 15.6. The van der Waals surface area contributed by atoms with Crippen LogP contribution in [0.4, 0.5) is 21.9 Å². The minimum absolute atomic E-state index is 0.160. The Hall–Kier alpha value is -4.33. The Morgan fingerprint density at radius 3 is 2.47 bits per heavy atom. The lowest BCUT2D eigenvalue weighted by Gasteiger charge is -2.15. The molecule has 8 nitrogen and oxygen atoms in total. The molecule has 1 aliphatic heterocycles. The van der Waals surface area contributed by atoms with E-state index in [2.05, 4.69) is 16.0 Å².